The molecule has 4 heteroatoms. The highest BCUT2D eigenvalue weighted by atomic mass is 16.5. The molecule has 2 fully saturated rings. The lowest BCUT2D eigenvalue weighted by Crippen LogP contribution is -2.43. The van der Waals surface area contributed by atoms with Crippen LogP contribution in [0.25, 0.3) is 0 Å². The monoisotopic (exact) mass is 302 g/mol. The smallest absolute Gasteiger partial charge is 0.237 e. The van der Waals surface area contributed by atoms with Crippen molar-refractivity contribution in [2.75, 3.05) is 13.2 Å². The Balaban J connectivity index is 1.31. The first kappa shape index (κ1) is 15.3. The first-order valence-corrected chi connectivity index (χ1v) is 8.54. The number of para-hydroxylation sites is 1. The Kier molecular flexibility index (Phi) is 5.33. The minimum absolute atomic E-state index is 0.0168. The van der Waals surface area contributed by atoms with Gasteiger partial charge in [0.05, 0.1) is 12.6 Å². The average Bonchev–Trinajstić information content (AvgIpc) is 2.99. The van der Waals surface area contributed by atoms with Gasteiger partial charge >= 0.3 is 0 Å². The van der Waals surface area contributed by atoms with Crippen molar-refractivity contribution >= 4 is 5.91 Å². The highest BCUT2D eigenvalue weighted by Crippen LogP contribution is 2.33. The minimum Gasteiger partial charge on any atom is -0.494 e. The lowest BCUT2D eigenvalue weighted by atomic mass is 9.85. The zero-order valence-corrected chi connectivity index (χ0v) is 13.1. The van der Waals surface area contributed by atoms with Crippen LogP contribution in [-0.2, 0) is 4.79 Å². The van der Waals surface area contributed by atoms with E-state index in [9.17, 15) is 4.79 Å². The third-order valence-electron chi connectivity index (χ3n) is 4.81. The molecule has 2 N–H and O–H groups in total. The van der Waals surface area contributed by atoms with Crippen LogP contribution < -0.4 is 15.4 Å². The SMILES string of the molecule is O=C(NCCCOc1ccccc1)C1CC2CCCCC2N1. The van der Waals surface area contributed by atoms with E-state index in [1.54, 1.807) is 0 Å². The number of benzene rings is 1. The first-order chi connectivity index (χ1) is 10.8. The van der Waals surface area contributed by atoms with Crippen LogP contribution in [0.15, 0.2) is 30.3 Å². The van der Waals surface area contributed by atoms with Crippen LogP contribution in [0.5, 0.6) is 5.75 Å². The highest BCUT2D eigenvalue weighted by molar-refractivity contribution is 5.82. The molecule has 0 spiro atoms. The predicted octanol–water partition coefficient (Wildman–Crippen LogP) is 2.49. The summed E-state index contributed by atoms with van der Waals surface area (Å²) in [5, 5.41) is 6.56. The molecular weight excluding hydrogens is 276 g/mol. The largest absolute Gasteiger partial charge is 0.494 e. The van der Waals surface area contributed by atoms with Crippen molar-refractivity contribution in [3.63, 3.8) is 0 Å². The van der Waals surface area contributed by atoms with E-state index in [0.29, 0.717) is 25.1 Å². The van der Waals surface area contributed by atoms with Crippen molar-refractivity contribution in [3.05, 3.63) is 30.3 Å². The summed E-state index contributed by atoms with van der Waals surface area (Å²) < 4.78 is 5.62. The number of ether oxygens (including phenoxy) is 1. The fourth-order valence-corrected chi connectivity index (χ4v) is 3.63. The molecule has 3 rings (SSSR count). The van der Waals surface area contributed by atoms with Crippen molar-refractivity contribution < 1.29 is 9.53 Å². The van der Waals surface area contributed by atoms with Crippen molar-refractivity contribution in [1.29, 1.82) is 0 Å². The number of fused-ring (bicyclic) bond motifs is 1. The van der Waals surface area contributed by atoms with Gasteiger partial charge in [0.1, 0.15) is 5.75 Å². The third kappa shape index (κ3) is 4.01. The van der Waals surface area contributed by atoms with Gasteiger partial charge in [-0.3, -0.25) is 4.79 Å². The van der Waals surface area contributed by atoms with E-state index < -0.39 is 0 Å². The highest BCUT2D eigenvalue weighted by Gasteiger charge is 2.37. The molecule has 1 aliphatic heterocycles. The standard InChI is InChI=1S/C18H26N2O2/c21-18(17-13-14-7-4-5-10-16(14)20-17)19-11-6-12-22-15-8-2-1-3-9-15/h1-3,8-9,14,16-17,20H,4-7,10-13H2,(H,19,21). The Labute approximate surface area is 132 Å². The van der Waals surface area contributed by atoms with Crippen molar-refractivity contribution in [3.8, 4) is 5.75 Å². The molecule has 0 bridgehead atoms. The van der Waals surface area contributed by atoms with Crippen LogP contribution >= 0.6 is 0 Å². The maximum atomic E-state index is 12.2. The van der Waals surface area contributed by atoms with Gasteiger partial charge in [-0.25, -0.2) is 0 Å². The summed E-state index contributed by atoms with van der Waals surface area (Å²) in [7, 11) is 0. The van der Waals surface area contributed by atoms with Gasteiger partial charge in [-0.15, -0.1) is 0 Å². The summed E-state index contributed by atoms with van der Waals surface area (Å²) in [6.07, 6.45) is 7.00. The molecular formula is C18H26N2O2. The molecule has 4 nitrogen and oxygen atoms in total. The summed E-state index contributed by atoms with van der Waals surface area (Å²) in [6, 6.07) is 10.4. The second-order valence-electron chi connectivity index (χ2n) is 6.41. The molecule has 2 aliphatic rings. The van der Waals surface area contributed by atoms with E-state index in [2.05, 4.69) is 10.6 Å². The molecule has 3 atom stereocenters. The number of carbonyl (C=O) groups is 1. The molecule has 0 radical (unpaired) electrons. The maximum Gasteiger partial charge on any atom is 0.237 e. The number of nitrogens with one attached hydrogen (secondary N) is 2. The Morgan fingerprint density at radius 3 is 2.86 bits per heavy atom. The van der Waals surface area contributed by atoms with Crippen molar-refractivity contribution in [1.82, 2.24) is 10.6 Å². The maximum absolute atomic E-state index is 12.2. The van der Waals surface area contributed by atoms with Gasteiger partial charge in [0.2, 0.25) is 5.91 Å². The van der Waals surface area contributed by atoms with Crippen molar-refractivity contribution in [2.24, 2.45) is 5.92 Å². The zero-order chi connectivity index (χ0) is 15.2. The molecule has 3 unspecified atom stereocenters. The minimum atomic E-state index is 0.0168. The normalized spacial score (nSPS) is 27.2. The van der Waals surface area contributed by atoms with E-state index in [-0.39, 0.29) is 11.9 Å². The Morgan fingerprint density at radius 2 is 2.05 bits per heavy atom. The van der Waals surface area contributed by atoms with Crippen LogP contribution in [-0.4, -0.2) is 31.1 Å². The lowest BCUT2D eigenvalue weighted by molar-refractivity contribution is -0.122. The number of carbonyl (C=O) groups excluding carboxylic acids is 1. The topological polar surface area (TPSA) is 50.4 Å². The molecule has 1 aliphatic carbocycles. The quantitative estimate of drug-likeness (QED) is 0.794. The van der Waals surface area contributed by atoms with Gasteiger partial charge in [0.15, 0.2) is 0 Å². The van der Waals surface area contributed by atoms with Crippen LogP contribution in [0.1, 0.15) is 38.5 Å². The molecule has 1 saturated heterocycles. The number of rotatable bonds is 6. The van der Waals surface area contributed by atoms with E-state index in [1.165, 1.54) is 25.7 Å². The van der Waals surface area contributed by atoms with E-state index >= 15 is 0 Å². The van der Waals surface area contributed by atoms with Gasteiger partial charge in [-0.1, -0.05) is 31.0 Å². The molecule has 1 heterocycles. The van der Waals surface area contributed by atoms with E-state index in [1.807, 2.05) is 30.3 Å². The number of amides is 1. The Bertz CT molecular complexity index is 463. The van der Waals surface area contributed by atoms with Gasteiger partial charge in [0.25, 0.3) is 0 Å². The molecule has 22 heavy (non-hydrogen) atoms. The van der Waals surface area contributed by atoms with Crippen molar-refractivity contribution in [2.45, 2.75) is 50.6 Å². The van der Waals surface area contributed by atoms with Gasteiger partial charge in [0, 0.05) is 12.6 Å². The van der Waals surface area contributed by atoms with Gasteiger partial charge in [-0.2, -0.15) is 0 Å². The fourth-order valence-electron chi connectivity index (χ4n) is 3.63. The molecule has 0 aromatic heterocycles. The Hall–Kier alpha value is -1.55. The fraction of sp³-hybridized carbons (Fsp3) is 0.611. The summed E-state index contributed by atoms with van der Waals surface area (Å²) in [5.41, 5.74) is 0. The zero-order valence-electron chi connectivity index (χ0n) is 13.1. The molecule has 1 aromatic carbocycles. The van der Waals surface area contributed by atoms with Crippen LogP contribution in [0.4, 0.5) is 0 Å². The van der Waals surface area contributed by atoms with Gasteiger partial charge in [-0.05, 0) is 43.7 Å². The first-order valence-electron chi connectivity index (χ1n) is 8.54. The van der Waals surface area contributed by atoms with Crippen LogP contribution in [0.2, 0.25) is 0 Å². The van der Waals surface area contributed by atoms with Gasteiger partial charge < -0.3 is 15.4 Å². The third-order valence-corrected chi connectivity index (χ3v) is 4.81. The Morgan fingerprint density at radius 1 is 1.23 bits per heavy atom. The van der Waals surface area contributed by atoms with E-state index in [4.69, 9.17) is 4.74 Å². The summed E-state index contributed by atoms with van der Waals surface area (Å²) >= 11 is 0. The lowest BCUT2D eigenvalue weighted by Gasteiger charge is -2.24. The van der Waals surface area contributed by atoms with Crippen LogP contribution in [0, 0.1) is 5.92 Å². The molecule has 1 saturated carbocycles. The second-order valence-corrected chi connectivity index (χ2v) is 6.41. The summed E-state index contributed by atoms with van der Waals surface area (Å²) in [4.78, 5) is 12.2. The summed E-state index contributed by atoms with van der Waals surface area (Å²) in [5.74, 6) is 1.76. The average molecular weight is 302 g/mol. The van der Waals surface area contributed by atoms with E-state index in [0.717, 1.165) is 18.6 Å². The second kappa shape index (κ2) is 7.63. The molecule has 1 aromatic rings. The number of hydrogen-bond donors (Lipinski definition) is 2. The molecule has 120 valence electrons. The summed E-state index contributed by atoms with van der Waals surface area (Å²) in [6.45, 7) is 1.31. The van der Waals surface area contributed by atoms with Crippen LogP contribution in [0.3, 0.4) is 0 Å². The predicted molar refractivity (Wildman–Crippen MR) is 86.9 cm³/mol. The molecule has 1 amide bonds. The number of hydrogen-bond acceptors (Lipinski definition) is 3.